The molecule has 0 aromatic heterocycles. The van der Waals surface area contributed by atoms with E-state index in [1.165, 1.54) is 13.2 Å². The predicted octanol–water partition coefficient (Wildman–Crippen LogP) is 3.36. The van der Waals surface area contributed by atoms with E-state index in [0.29, 0.717) is 35.1 Å². The van der Waals surface area contributed by atoms with Gasteiger partial charge in [-0.05, 0) is 35.8 Å². The van der Waals surface area contributed by atoms with Crippen LogP contribution in [0.25, 0.3) is 6.08 Å². The lowest BCUT2D eigenvalue weighted by Gasteiger charge is -2.14. The van der Waals surface area contributed by atoms with Gasteiger partial charge in [0.25, 0.3) is 0 Å². The number of carbonyl (C=O) groups is 2. The second-order valence-electron chi connectivity index (χ2n) is 6.37. The SMILES string of the molecule is CCCOc1c(Cl)cc(/C=C/C(=O)N[C@@H](Cc2ccccc2)C(N)=O)cc1OC. The highest BCUT2D eigenvalue weighted by Crippen LogP contribution is 2.36. The van der Waals surface area contributed by atoms with Crippen LogP contribution in [0, 0.1) is 0 Å². The van der Waals surface area contributed by atoms with Crippen LogP contribution in [0.15, 0.2) is 48.5 Å². The number of primary amides is 1. The molecule has 2 aromatic rings. The molecule has 6 nitrogen and oxygen atoms in total. The number of benzene rings is 2. The summed E-state index contributed by atoms with van der Waals surface area (Å²) in [6, 6.07) is 11.9. The Morgan fingerprint density at radius 1 is 1.24 bits per heavy atom. The summed E-state index contributed by atoms with van der Waals surface area (Å²) < 4.78 is 10.9. The molecule has 0 radical (unpaired) electrons. The van der Waals surface area contributed by atoms with Gasteiger partial charge in [0.1, 0.15) is 6.04 Å². The first-order chi connectivity index (χ1) is 13.9. The summed E-state index contributed by atoms with van der Waals surface area (Å²) in [6.07, 6.45) is 4.05. The molecule has 0 unspecified atom stereocenters. The van der Waals surface area contributed by atoms with Crippen molar-refractivity contribution in [3.8, 4) is 11.5 Å². The number of methoxy groups -OCH3 is 1. The van der Waals surface area contributed by atoms with Gasteiger partial charge in [-0.2, -0.15) is 0 Å². The largest absolute Gasteiger partial charge is 0.493 e. The van der Waals surface area contributed by atoms with E-state index in [2.05, 4.69) is 5.32 Å². The molecule has 29 heavy (non-hydrogen) atoms. The summed E-state index contributed by atoms with van der Waals surface area (Å²) in [4.78, 5) is 24.0. The van der Waals surface area contributed by atoms with Crippen molar-refractivity contribution in [1.29, 1.82) is 0 Å². The van der Waals surface area contributed by atoms with Crippen LogP contribution in [-0.2, 0) is 16.0 Å². The van der Waals surface area contributed by atoms with Gasteiger partial charge in [-0.15, -0.1) is 0 Å². The summed E-state index contributed by atoms with van der Waals surface area (Å²) in [5.41, 5.74) is 6.99. The van der Waals surface area contributed by atoms with E-state index in [4.69, 9.17) is 26.8 Å². The van der Waals surface area contributed by atoms with E-state index in [1.807, 2.05) is 37.3 Å². The van der Waals surface area contributed by atoms with Crippen molar-refractivity contribution >= 4 is 29.5 Å². The van der Waals surface area contributed by atoms with Crippen molar-refractivity contribution in [2.75, 3.05) is 13.7 Å². The van der Waals surface area contributed by atoms with Gasteiger partial charge in [-0.3, -0.25) is 9.59 Å². The van der Waals surface area contributed by atoms with Crippen LogP contribution in [0.3, 0.4) is 0 Å². The minimum atomic E-state index is -0.808. The molecule has 2 aromatic carbocycles. The van der Waals surface area contributed by atoms with Crippen LogP contribution in [0.4, 0.5) is 0 Å². The highest BCUT2D eigenvalue weighted by atomic mass is 35.5. The number of rotatable bonds is 10. The van der Waals surface area contributed by atoms with Gasteiger partial charge in [0.05, 0.1) is 18.7 Å². The molecule has 0 aliphatic heterocycles. The number of hydrogen-bond acceptors (Lipinski definition) is 4. The van der Waals surface area contributed by atoms with Crippen LogP contribution >= 0.6 is 11.6 Å². The molecule has 0 saturated heterocycles. The maximum atomic E-state index is 12.3. The highest BCUT2D eigenvalue weighted by molar-refractivity contribution is 6.32. The Bertz CT molecular complexity index is 869. The minimum Gasteiger partial charge on any atom is -0.493 e. The van der Waals surface area contributed by atoms with Crippen LogP contribution in [0.2, 0.25) is 5.02 Å². The van der Waals surface area contributed by atoms with E-state index in [1.54, 1.807) is 18.2 Å². The molecule has 154 valence electrons. The van der Waals surface area contributed by atoms with Crippen molar-refractivity contribution < 1.29 is 19.1 Å². The molecule has 0 fully saturated rings. The fourth-order valence-electron chi connectivity index (χ4n) is 2.64. The lowest BCUT2D eigenvalue weighted by atomic mass is 10.1. The van der Waals surface area contributed by atoms with Crippen LogP contribution in [-0.4, -0.2) is 31.6 Å². The molecule has 0 spiro atoms. The fourth-order valence-corrected chi connectivity index (χ4v) is 2.92. The minimum absolute atomic E-state index is 0.318. The number of nitrogens with two attached hydrogens (primary N) is 1. The van der Waals surface area contributed by atoms with E-state index in [-0.39, 0.29) is 0 Å². The summed E-state index contributed by atoms with van der Waals surface area (Å²) >= 11 is 6.28. The van der Waals surface area contributed by atoms with Crippen molar-refractivity contribution in [2.45, 2.75) is 25.8 Å². The van der Waals surface area contributed by atoms with E-state index in [0.717, 1.165) is 12.0 Å². The monoisotopic (exact) mass is 416 g/mol. The zero-order chi connectivity index (χ0) is 21.2. The molecular formula is C22H25ClN2O4. The number of amides is 2. The molecule has 1 atom stereocenters. The van der Waals surface area contributed by atoms with Gasteiger partial charge >= 0.3 is 0 Å². The zero-order valence-corrected chi connectivity index (χ0v) is 17.2. The Hall–Kier alpha value is -2.99. The summed E-state index contributed by atoms with van der Waals surface area (Å²) in [6.45, 7) is 2.51. The molecule has 0 aliphatic rings. The first-order valence-electron chi connectivity index (χ1n) is 9.26. The quantitative estimate of drug-likeness (QED) is 0.581. The van der Waals surface area contributed by atoms with Crippen molar-refractivity contribution in [1.82, 2.24) is 5.32 Å². The van der Waals surface area contributed by atoms with Crippen LogP contribution < -0.4 is 20.5 Å². The normalized spacial score (nSPS) is 11.8. The maximum absolute atomic E-state index is 12.3. The van der Waals surface area contributed by atoms with Crippen molar-refractivity contribution in [2.24, 2.45) is 5.73 Å². The number of carbonyl (C=O) groups excluding carboxylic acids is 2. The summed E-state index contributed by atoms with van der Waals surface area (Å²) in [5.74, 6) is -0.0942. The first kappa shape index (κ1) is 22.3. The average molecular weight is 417 g/mol. The molecule has 0 aliphatic carbocycles. The topological polar surface area (TPSA) is 90.6 Å². The average Bonchev–Trinajstić information content (AvgIpc) is 2.71. The number of ether oxygens (including phenoxy) is 2. The third-order valence-corrected chi connectivity index (χ3v) is 4.35. The zero-order valence-electron chi connectivity index (χ0n) is 16.5. The third-order valence-electron chi connectivity index (χ3n) is 4.07. The van der Waals surface area contributed by atoms with E-state index >= 15 is 0 Å². The second-order valence-corrected chi connectivity index (χ2v) is 6.78. The Morgan fingerprint density at radius 3 is 2.59 bits per heavy atom. The second kappa shape index (κ2) is 11.1. The molecule has 3 N–H and O–H groups in total. The molecule has 2 rings (SSSR count). The molecule has 0 bridgehead atoms. The molecular weight excluding hydrogens is 392 g/mol. The Balaban J connectivity index is 2.08. The van der Waals surface area contributed by atoms with Crippen LogP contribution in [0.5, 0.6) is 11.5 Å². The summed E-state index contributed by atoms with van der Waals surface area (Å²) in [5, 5.41) is 3.01. The standard InChI is InChI=1S/C22H25ClN2O4/c1-3-11-29-21-17(23)12-16(14-19(21)28-2)9-10-20(26)25-18(22(24)27)13-15-7-5-4-6-8-15/h4-10,12,14,18H,3,11,13H2,1-2H3,(H2,24,27)(H,25,26)/b10-9+/t18-/m0/s1. The van der Waals surface area contributed by atoms with E-state index in [9.17, 15) is 9.59 Å². The van der Waals surface area contributed by atoms with Crippen molar-refractivity contribution in [3.05, 3.63) is 64.7 Å². The third kappa shape index (κ3) is 6.84. The van der Waals surface area contributed by atoms with Gasteiger partial charge in [-0.1, -0.05) is 48.9 Å². The summed E-state index contributed by atoms with van der Waals surface area (Å²) in [7, 11) is 1.52. The Kier molecular flexibility index (Phi) is 8.55. The van der Waals surface area contributed by atoms with Gasteiger partial charge in [0, 0.05) is 12.5 Å². The maximum Gasteiger partial charge on any atom is 0.244 e. The number of nitrogens with one attached hydrogen (secondary N) is 1. The lowest BCUT2D eigenvalue weighted by molar-refractivity contribution is -0.124. The van der Waals surface area contributed by atoms with E-state index < -0.39 is 17.9 Å². The van der Waals surface area contributed by atoms with Gasteiger partial charge in [0.15, 0.2) is 11.5 Å². The molecule has 2 amide bonds. The predicted molar refractivity (Wildman–Crippen MR) is 114 cm³/mol. The van der Waals surface area contributed by atoms with Crippen molar-refractivity contribution in [3.63, 3.8) is 0 Å². The molecule has 0 heterocycles. The van der Waals surface area contributed by atoms with Gasteiger partial charge in [-0.25, -0.2) is 0 Å². The fraction of sp³-hybridized carbons (Fsp3) is 0.273. The number of halogens is 1. The molecule has 7 heteroatoms. The number of hydrogen-bond donors (Lipinski definition) is 2. The van der Waals surface area contributed by atoms with Gasteiger partial charge in [0.2, 0.25) is 11.8 Å². The Labute approximate surface area is 175 Å². The Morgan fingerprint density at radius 2 is 1.97 bits per heavy atom. The highest BCUT2D eigenvalue weighted by Gasteiger charge is 2.17. The first-order valence-corrected chi connectivity index (χ1v) is 9.64. The molecule has 0 saturated carbocycles. The van der Waals surface area contributed by atoms with Gasteiger partial charge < -0.3 is 20.5 Å². The lowest BCUT2D eigenvalue weighted by Crippen LogP contribution is -2.45. The van der Waals surface area contributed by atoms with Crippen LogP contribution in [0.1, 0.15) is 24.5 Å². The smallest absolute Gasteiger partial charge is 0.244 e.